The van der Waals surface area contributed by atoms with E-state index in [0.717, 1.165) is 33.2 Å². The Bertz CT molecular complexity index is 931. The quantitative estimate of drug-likeness (QED) is 0.440. The van der Waals surface area contributed by atoms with Gasteiger partial charge in [-0.15, -0.1) is 11.8 Å². The van der Waals surface area contributed by atoms with Crippen molar-refractivity contribution in [3.63, 3.8) is 0 Å². The van der Waals surface area contributed by atoms with Crippen LogP contribution in [0.4, 0.5) is 10.5 Å². The molecule has 0 aliphatic heterocycles. The Morgan fingerprint density at radius 2 is 1.80 bits per heavy atom. The maximum atomic E-state index is 12.3. The van der Waals surface area contributed by atoms with Gasteiger partial charge in [0.25, 0.3) is 0 Å². The minimum absolute atomic E-state index is 0.210. The Labute approximate surface area is 182 Å². The number of ether oxygens (including phenoxy) is 1. The Kier molecular flexibility index (Phi) is 8.30. The molecule has 5 nitrogen and oxygen atoms in total. The van der Waals surface area contributed by atoms with Crippen molar-refractivity contribution < 1.29 is 9.53 Å². The SMILES string of the molecule is CC(C)OCc1ccc(CNC(=O)Nc2cccc(CSc3ccccn3)c2)cc1. The lowest BCUT2D eigenvalue weighted by Gasteiger charge is -2.10. The molecular weight excluding hydrogens is 394 g/mol. The number of urea groups is 1. The number of rotatable bonds is 9. The number of benzene rings is 2. The zero-order valence-electron chi connectivity index (χ0n) is 17.3. The highest BCUT2D eigenvalue weighted by Crippen LogP contribution is 2.22. The third-order valence-corrected chi connectivity index (χ3v) is 5.28. The van der Waals surface area contributed by atoms with Gasteiger partial charge in [0.2, 0.25) is 0 Å². The number of nitrogens with one attached hydrogen (secondary N) is 2. The van der Waals surface area contributed by atoms with Crippen LogP contribution in [0, 0.1) is 0 Å². The zero-order valence-corrected chi connectivity index (χ0v) is 18.1. The van der Waals surface area contributed by atoms with E-state index in [1.807, 2.05) is 80.6 Å². The van der Waals surface area contributed by atoms with E-state index in [1.54, 1.807) is 18.0 Å². The number of carbonyl (C=O) groups excluding carboxylic acids is 1. The maximum absolute atomic E-state index is 12.3. The molecule has 1 heterocycles. The molecule has 2 N–H and O–H groups in total. The van der Waals surface area contributed by atoms with Crippen LogP contribution in [0.25, 0.3) is 0 Å². The highest BCUT2D eigenvalue weighted by molar-refractivity contribution is 7.98. The third kappa shape index (κ3) is 7.54. The number of carbonyl (C=O) groups is 1. The van der Waals surface area contributed by atoms with Gasteiger partial charge in [-0.1, -0.05) is 42.5 Å². The first-order valence-corrected chi connectivity index (χ1v) is 10.9. The summed E-state index contributed by atoms with van der Waals surface area (Å²) in [4.78, 5) is 16.6. The van der Waals surface area contributed by atoms with Gasteiger partial charge in [-0.2, -0.15) is 0 Å². The molecule has 1 aromatic heterocycles. The summed E-state index contributed by atoms with van der Waals surface area (Å²) < 4.78 is 5.60. The standard InChI is InChI=1S/C24H27N3O2S/c1-18(2)29-16-20-11-9-19(10-12-20)15-26-24(28)27-22-7-5-6-21(14-22)17-30-23-8-3-4-13-25-23/h3-14,18H,15-17H2,1-2H3,(H2,26,27,28). The monoisotopic (exact) mass is 421 g/mol. The van der Waals surface area contributed by atoms with Crippen LogP contribution in [-0.4, -0.2) is 17.1 Å². The normalized spacial score (nSPS) is 10.8. The molecule has 156 valence electrons. The average Bonchev–Trinajstić information content (AvgIpc) is 2.76. The lowest BCUT2D eigenvalue weighted by atomic mass is 10.1. The minimum atomic E-state index is -0.225. The van der Waals surface area contributed by atoms with Crippen molar-refractivity contribution in [1.82, 2.24) is 10.3 Å². The summed E-state index contributed by atoms with van der Waals surface area (Å²) in [6.45, 7) is 5.10. The van der Waals surface area contributed by atoms with Crippen molar-refractivity contribution in [3.8, 4) is 0 Å². The van der Waals surface area contributed by atoms with E-state index >= 15 is 0 Å². The molecule has 0 radical (unpaired) electrons. The summed E-state index contributed by atoms with van der Waals surface area (Å²) in [7, 11) is 0. The molecule has 0 saturated carbocycles. The fourth-order valence-corrected chi connectivity index (χ4v) is 3.51. The summed E-state index contributed by atoms with van der Waals surface area (Å²) in [5, 5.41) is 6.78. The number of aromatic nitrogens is 1. The summed E-state index contributed by atoms with van der Waals surface area (Å²) in [5.74, 6) is 0.793. The molecule has 3 rings (SSSR count). The van der Waals surface area contributed by atoms with E-state index < -0.39 is 0 Å². The molecule has 0 atom stereocenters. The molecule has 0 unspecified atom stereocenters. The molecule has 0 aliphatic rings. The van der Waals surface area contributed by atoms with Crippen LogP contribution in [0.1, 0.15) is 30.5 Å². The first-order chi connectivity index (χ1) is 14.6. The Morgan fingerprint density at radius 3 is 2.53 bits per heavy atom. The van der Waals surface area contributed by atoms with Crippen LogP contribution in [0.15, 0.2) is 78.0 Å². The van der Waals surface area contributed by atoms with Crippen molar-refractivity contribution in [1.29, 1.82) is 0 Å². The second-order valence-corrected chi connectivity index (χ2v) is 8.14. The summed E-state index contributed by atoms with van der Waals surface area (Å²) in [6.07, 6.45) is 2.00. The van der Waals surface area contributed by atoms with Gasteiger partial charge in [0, 0.05) is 24.2 Å². The highest BCUT2D eigenvalue weighted by Gasteiger charge is 2.04. The number of pyridine rings is 1. The highest BCUT2D eigenvalue weighted by atomic mass is 32.2. The lowest BCUT2D eigenvalue weighted by molar-refractivity contribution is 0.0657. The van der Waals surface area contributed by atoms with Crippen LogP contribution < -0.4 is 10.6 Å². The molecule has 0 fully saturated rings. The van der Waals surface area contributed by atoms with E-state index in [1.165, 1.54) is 0 Å². The van der Waals surface area contributed by atoms with Gasteiger partial charge >= 0.3 is 6.03 Å². The molecule has 2 aromatic carbocycles. The first-order valence-electron chi connectivity index (χ1n) is 9.95. The minimum Gasteiger partial charge on any atom is -0.374 e. The number of thioether (sulfide) groups is 1. The van der Waals surface area contributed by atoms with Crippen LogP contribution >= 0.6 is 11.8 Å². The number of anilines is 1. The molecule has 3 aromatic rings. The van der Waals surface area contributed by atoms with Gasteiger partial charge in [0.05, 0.1) is 17.7 Å². The molecule has 30 heavy (non-hydrogen) atoms. The summed E-state index contributed by atoms with van der Waals surface area (Å²) in [5.41, 5.74) is 4.06. The number of hydrogen-bond acceptors (Lipinski definition) is 4. The van der Waals surface area contributed by atoms with E-state index in [-0.39, 0.29) is 12.1 Å². The number of amides is 2. The second-order valence-electron chi connectivity index (χ2n) is 7.14. The Morgan fingerprint density at radius 1 is 1.00 bits per heavy atom. The maximum Gasteiger partial charge on any atom is 0.319 e. The van der Waals surface area contributed by atoms with Gasteiger partial charge in [0.15, 0.2) is 0 Å². The van der Waals surface area contributed by atoms with Crippen LogP contribution in [0.2, 0.25) is 0 Å². The molecule has 0 saturated heterocycles. The molecule has 0 aliphatic carbocycles. The van der Waals surface area contributed by atoms with Gasteiger partial charge in [-0.25, -0.2) is 9.78 Å². The first kappa shape index (κ1) is 21.9. The van der Waals surface area contributed by atoms with Crippen molar-refractivity contribution >= 4 is 23.5 Å². The molecule has 0 bridgehead atoms. The van der Waals surface area contributed by atoms with Crippen LogP contribution in [0.3, 0.4) is 0 Å². The lowest BCUT2D eigenvalue weighted by Crippen LogP contribution is -2.28. The fourth-order valence-electron chi connectivity index (χ4n) is 2.70. The van der Waals surface area contributed by atoms with Crippen molar-refractivity contribution in [3.05, 3.63) is 89.6 Å². The van der Waals surface area contributed by atoms with Gasteiger partial charge in [0.1, 0.15) is 0 Å². The summed E-state index contributed by atoms with van der Waals surface area (Å²) >= 11 is 1.67. The average molecular weight is 422 g/mol. The zero-order chi connectivity index (χ0) is 21.2. The Balaban J connectivity index is 1.45. The van der Waals surface area contributed by atoms with Crippen LogP contribution in [0.5, 0.6) is 0 Å². The van der Waals surface area contributed by atoms with Crippen molar-refractivity contribution in [2.45, 2.75) is 43.9 Å². The Hall–Kier alpha value is -2.83. The predicted octanol–water partition coefficient (Wildman–Crippen LogP) is 5.62. The van der Waals surface area contributed by atoms with E-state index in [2.05, 4.69) is 15.6 Å². The van der Waals surface area contributed by atoms with Gasteiger partial charge in [-0.05, 0) is 54.8 Å². The van der Waals surface area contributed by atoms with Crippen LogP contribution in [-0.2, 0) is 23.6 Å². The van der Waals surface area contributed by atoms with Crippen molar-refractivity contribution in [2.75, 3.05) is 5.32 Å². The number of hydrogen-bond donors (Lipinski definition) is 2. The molecular formula is C24H27N3O2S. The molecule has 6 heteroatoms. The predicted molar refractivity (Wildman–Crippen MR) is 122 cm³/mol. The summed E-state index contributed by atoms with van der Waals surface area (Å²) in [6, 6.07) is 21.6. The topological polar surface area (TPSA) is 63.2 Å². The van der Waals surface area contributed by atoms with E-state index in [9.17, 15) is 4.79 Å². The second kappa shape index (κ2) is 11.4. The number of nitrogens with zero attached hydrogens (tertiary/aromatic N) is 1. The third-order valence-electron chi connectivity index (χ3n) is 4.27. The van der Waals surface area contributed by atoms with E-state index in [4.69, 9.17) is 4.74 Å². The smallest absolute Gasteiger partial charge is 0.319 e. The largest absolute Gasteiger partial charge is 0.374 e. The molecule has 2 amide bonds. The van der Waals surface area contributed by atoms with Gasteiger partial charge < -0.3 is 15.4 Å². The fraction of sp³-hybridized carbons (Fsp3) is 0.250. The molecule has 0 spiro atoms. The van der Waals surface area contributed by atoms with Gasteiger partial charge in [-0.3, -0.25) is 0 Å². The van der Waals surface area contributed by atoms with E-state index in [0.29, 0.717) is 13.2 Å². The van der Waals surface area contributed by atoms with Crippen molar-refractivity contribution in [2.24, 2.45) is 0 Å².